The average molecular weight is 479 g/mol. The molecule has 1 fully saturated rings. The summed E-state index contributed by atoms with van der Waals surface area (Å²) in [5.74, 6) is 0.538. The van der Waals surface area contributed by atoms with Crippen molar-refractivity contribution in [2.75, 3.05) is 59.9 Å². The van der Waals surface area contributed by atoms with Crippen molar-refractivity contribution in [2.45, 2.75) is 20.0 Å². The maximum absolute atomic E-state index is 12.3. The fourth-order valence-electron chi connectivity index (χ4n) is 2.64. The Morgan fingerprint density at radius 1 is 1.24 bits per heavy atom. The molecule has 0 unspecified atom stereocenters. The third-order valence-corrected chi connectivity index (χ3v) is 3.75. The Balaban J connectivity index is 0.00000576. The molecule has 1 amide bonds. The van der Waals surface area contributed by atoms with Gasteiger partial charge in [-0.25, -0.2) is 0 Å². The largest absolute Gasteiger partial charge is 0.406 e. The van der Waals surface area contributed by atoms with E-state index in [0.717, 1.165) is 39.8 Å². The summed E-state index contributed by atoms with van der Waals surface area (Å²) in [4.78, 5) is 21.0. The third-order valence-electron chi connectivity index (χ3n) is 3.75. The second-order valence-electron chi connectivity index (χ2n) is 6.45. The number of likely N-dealkylation sites (N-methyl/N-ethyl adjacent to an activating group) is 1. The van der Waals surface area contributed by atoms with Crippen molar-refractivity contribution >= 4 is 35.8 Å². The normalized spacial score (nSPS) is 16.6. The first-order valence-electron chi connectivity index (χ1n) is 8.11. The zero-order valence-corrected chi connectivity index (χ0v) is 17.6. The van der Waals surface area contributed by atoms with Gasteiger partial charge in [-0.3, -0.25) is 14.7 Å². The lowest BCUT2D eigenvalue weighted by molar-refractivity contribution is -0.157. The predicted octanol–water partition coefficient (Wildman–Crippen LogP) is 1.47. The number of carbonyl (C=O) groups is 1. The summed E-state index contributed by atoms with van der Waals surface area (Å²) in [5.41, 5.74) is 0. The molecule has 0 bridgehead atoms. The van der Waals surface area contributed by atoms with Crippen LogP contribution in [0.5, 0.6) is 0 Å². The summed E-state index contributed by atoms with van der Waals surface area (Å²) in [6, 6.07) is 0. The molecule has 10 heteroatoms. The second kappa shape index (κ2) is 11.0. The Hall–Kier alpha value is -0.780. The molecule has 1 aliphatic heterocycles. The maximum Gasteiger partial charge on any atom is 0.406 e. The van der Waals surface area contributed by atoms with Gasteiger partial charge in [-0.2, -0.15) is 13.2 Å². The summed E-state index contributed by atoms with van der Waals surface area (Å²) >= 11 is 0. The zero-order valence-electron chi connectivity index (χ0n) is 15.3. The van der Waals surface area contributed by atoms with Crippen molar-refractivity contribution in [3.8, 4) is 0 Å². The first-order valence-corrected chi connectivity index (χ1v) is 8.11. The number of hydrogen-bond donors (Lipinski definition) is 1. The molecule has 1 rings (SSSR count). The molecule has 0 aromatic rings. The van der Waals surface area contributed by atoms with Gasteiger partial charge >= 0.3 is 6.18 Å². The average Bonchev–Trinajstić information content (AvgIpc) is 2.46. The minimum Gasteiger partial charge on any atom is -0.347 e. The van der Waals surface area contributed by atoms with Gasteiger partial charge in [0, 0.05) is 46.8 Å². The summed E-state index contributed by atoms with van der Waals surface area (Å²) < 4.78 is 36.9. The number of hydrogen-bond acceptors (Lipinski definition) is 3. The third kappa shape index (κ3) is 9.47. The molecule has 0 aromatic carbocycles. The Labute approximate surface area is 164 Å². The standard InChI is InChI=1S/C15H28F3N5O.HI/c1-12(2)10-22-5-7-23(8-6-22)14(19-3)20-9-13(24)21(4)11-15(16,17)18;/h12H,5-11H2,1-4H3,(H,19,20);1H. The number of amides is 1. The molecular weight excluding hydrogens is 450 g/mol. The maximum atomic E-state index is 12.3. The van der Waals surface area contributed by atoms with Gasteiger partial charge in [0.2, 0.25) is 5.91 Å². The summed E-state index contributed by atoms with van der Waals surface area (Å²) in [6.45, 7) is 7.30. The van der Waals surface area contributed by atoms with Crippen LogP contribution in [0.25, 0.3) is 0 Å². The first-order chi connectivity index (χ1) is 11.1. The number of alkyl halides is 3. The van der Waals surface area contributed by atoms with Crippen LogP contribution in [-0.4, -0.2) is 92.7 Å². The number of nitrogens with one attached hydrogen (secondary N) is 1. The SMILES string of the molecule is CN=C(NCC(=O)N(C)CC(F)(F)F)N1CCN(CC(C)C)CC1.I. The highest BCUT2D eigenvalue weighted by Gasteiger charge is 2.31. The Bertz CT molecular complexity index is 437. The van der Waals surface area contributed by atoms with Gasteiger partial charge in [-0.1, -0.05) is 13.8 Å². The van der Waals surface area contributed by atoms with E-state index in [0.29, 0.717) is 16.8 Å². The highest BCUT2D eigenvalue weighted by Crippen LogP contribution is 2.15. The van der Waals surface area contributed by atoms with E-state index < -0.39 is 18.6 Å². The molecular formula is C15H29F3IN5O. The minimum absolute atomic E-state index is 0. The van der Waals surface area contributed by atoms with E-state index in [1.54, 1.807) is 7.05 Å². The van der Waals surface area contributed by atoms with Crippen LogP contribution in [0.1, 0.15) is 13.8 Å². The fraction of sp³-hybridized carbons (Fsp3) is 0.867. The van der Waals surface area contributed by atoms with Crippen molar-refractivity contribution in [2.24, 2.45) is 10.9 Å². The van der Waals surface area contributed by atoms with Gasteiger partial charge in [-0.05, 0) is 5.92 Å². The topological polar surface area (TPSA) is 51.2 Å². The lowest BCUT2D eigenvalue weighted by Gasteiger charge is -2.37. The zero-order chi connectivity index (χ0) is 18.3. The smallest absolute Gasteiger partial charge is 0.347 e. The Kier molecular flexibility index (Phi) is 10.7. The number of guanidine groups is 1. The Morgan fingerprint density at radius 2 is 1.80 bits per heavy atom. The molecule has 1 N–H and O–H groups in total. The number of carbonyl (C=O) groups excluding carboxylic acids is 1. The molecule has 0 atom stereocenters. The highest BCUT2D eigenvalue weighted by atomic mass is 127. The predicted molar refractivity (Wildman–Crippen MR) is 103 cm³/mol. The van der Waals surface area contributed by atoms with Crippen molar-refractivity contribution in [3.63, 3.8) is 0 Å². The van der Waals surface area contributed by atoms with Crippen LogP contribution in [0.2, 0.25) is 0 Å². The minimum atomic E-state index is -4.39. The van der Waals surface area contributed by atoms with Gasteiger partial charge in [0.1, 0.15) is 6.54 Å². The van der Waals surface area contributed by atoms with Crippen molar-refractivity contribution in [3.05, 3.63) is 0 Å². The van der Waals surface area contributed by atoms with Gasteiger partial charge < -0.3 is 15.1 Å². The van der Waals surface area contributed by atoms with E-state index in [1.807, 2.05) is 4.90 Å². The molecule has 0 saturated carbocycles. The molecule has 1 aliphatic rings. The van der Waals surface area contributed by atoms with E-state index >= 15 is 0 Å². The molecule has 148 valence electrons. The first kappa shape index (κ1) is 24.2. The van der Waals surface area contributed by atoms with E-state index in [2.05, 4.69) is 29.1 Å². The van der Waals surface area contributed by atoms with E-state index in [1.165, 1.54) is 0 Å². The fourth-order valence-corrected chi connectivity index (χ4v) is 2.64. The second-order valence-corrected chi connectivity index (χ2v) is 6.45. The molecule has 0 aliphatic carbocycles. The summed E-state index contributed by atoms with van der Waals surface area (Å²) in [7, 11) is 2.75. The van der Waals surface area contributed by atoms with Crippen LogP contribution in [0.3, 0.4) is 0 Å². The number of piperazine rings is 1. The van der Waals surface area contributed by atoms with Gasteiger partial charge in [-0.15, -0.1) is 24.0 Å². The van der Waals surface area contributed by atoms with E-state index in [4.69, 9.17) is 0 Å². The number of nitrogens with zero attached hydrogens (tertiary/aromatic N) is 4. The monoisotopic (exact) mass is 479 g/mol. The number of halogens is 4. The highest BCUT2D eigenvalue weighted by molar-refractivity contribution is 14.0. The van der Waals surface area contributed by atoms with Crippen molar-refractivity contribution < 1.29 is 18.0 Å². The van der Waals surface area contributed by atoms with Gasteiger partial charge in [0.25, 0.3) is 0 Å². The number of aliphatic imine (C=N–C) groups is 1. The van der Waals surface area contributed by atoms with Crippen LogP contribution >= 0.6 is 24.0 Å². The number of rotatable bonds is 5. The van der Waals surface area contributed by atoms with Crippen LogP contribution in [0.4, 0.5) is 13.2 Å². The van der Waals surface area contributed by atoms with Crippen LogP contribution in [0.15, 0.2) is 4.99 Å². The molecule has 1 heterocycles. The summed E-state index contributed by atoms with van der Waals surface area (Å²) in [6.07, 6.45) is -4.39. The molecule has 1 saturated heterocycles. The quantitative estimate of drug-likeness (QED) is 0.369. The van der Waals surface area contributed by atoms with Gasteiger partial charge in [0.15, 0.2) is 5.96 Å². The molecule has 0 spiro atoms. The molecule has 25 heavy (non-hydrogen) atoms. The molecule has 0 radical (unpaired) electrons. The van der Waals surface area contributed by atoms with E-state index in [9.17, 15) is 18.0 Å². The van der Waals surface area contributed by atoms with Crippen LogP contribution in [-0.2, 0) is 4.79 Å². The van der Waals surface area contributed by atoms with Gasteiger partial charge in [0.05, 0.1) is 6.54 Å². The van der Waals surface area contributed by atoms with Crippen LogP contribution < -0.4 is 5.32 Å². The van der Waals surface area contributed by atoms with E-state index in [-0.39, 0.29) is 30.5 Å². The van der Waals surface area contributed by atoms with Crippen molar-refractivity contribution in [1.29, 1.82) is 0 Å². The molecule has 6 nitrogen and oxygen atoms in total. The molecule has 0 aromatic heterocycles. The van der Waals surface area contributed by atoms with Crippen LogP contribution in [0, 0.1) is 5.92 Å². The van der Waals surface area contributed by atoms with Crippen molar-refractivity contribution in [1.82, 2.24) is 20.0 Å². The lowest BCUT2D eigenvalue weighted by Crippen LogP contribution is -2.54. The Morgan fingerprint density at radius 3 is 2.24 bits per heavy atom. The lowest BCUT2D eigenvalue weighted by atomic mass is 10.2. The summed E-state index contributed by atoms with van der Waals surface area (Å²) in [5, 5.41) is 2.86.